The summed E-state index contributed by atoms with van der Waals surface area (Å²) in [5.41, 5.74) is 0. The number of carbonyl (C=O) groups excluding carboxylic acids is 1. The predicted molar refractivity (Wildman–Crippen MR) is 80.7 cm³/mol. The van der Waals surface area contributed by atoms with Crippen molar-refractivity contribution in [2.45, 2.75) is 17.9 Å². The fraction of sp³-hybridized carbons (Fsp3) is 0.267. The Bertz CT molecular complexity index is 500. The van der Waals surface area contributed by atoms with Crippen molar-refractivity contribution in [2.75, 3.05) is 12.3 Å². The fourth-order valence-electron chi connectivity index (χ4n) is 1.62. The van der Waals surface area contributed by atoms with Crippen LogP contribution >= 0.6 is 11.8 Å². The zero-order valence-corrected chi connectivity index (χ0v) is 12.0. The second kappa shape index (κ2) is 8.32. The van der Waals surface area contributed by atoms with Gasteiger partial charge < -0.3 is 15.1 Å². The molecule has 106 valence electrons. The lowest BCUT2D eigenvalue weighted by atomic mass is 10.4. The number of furan rings is 1. The van der Waals surface area contributed by atoms with Crippen LogP contribution in [0.4, 0.5) is 4.79 Å². The van der Waals surface area contributed by atoms with Crippen molar-refractivity contribution in [3.05, 3.63) is 54.5 Å². The quantitative estimate of drug-likeness (QED) is 0.608. The van der Waals surface area contributed by atoms with Gasteiger partial charge in [0.2, 0.25) is 0 Å². The van der Waals surface area contributed by atoms with Crippen molar-refractivity contribution < 1.29 is 9.21 Å². The first kappa shape index (κ1) is 14.5. The third-order valence-corrected chi connectivity index (χ3v) is 3.72. The number of thioether (sulfide) groups is 1. The smallest absolute Gasteiger partial charge is 0.315 e. The average Bonchev–Trinajstić information content (AvgIpc) is 2.99. The number of hydrogen-bond donors (Lipinski definition) is 2. The number of benzene rings is 1. The molecule has 1 heterocycles. The normalized spacial score (nSPS) is 10.2. The summed E-state index contributed by atoms with van der Waals surface area (Å²) in [6.45, 7) is 1.08. The van der Waals surface area contributed by atoms with E-state index in [-0.39, 0.29) is 6.03 Å². The van der Waals surface area contributed by atoms with Crippen LogP contribution in [0.25, 0.3) is 0 Å². The fourth-order valence-corrected chi connectivity index (χ4v) is 2.50. The number of nitrogens with one attached hydrogen (secondary N) is 2. The second-order valence-electron chi connectivity index (χ2n) is 4.20. The van der Waals surface area contributed by atoms with Gasteiger partial charge in [0.15, 0.2) is 0 Å². The van der Waals surface area contributed by atoms with Crippen molar-refractivity contribution in [3.63, 3.8) is 0 Å². The maximum atomic E-state index is 11.5. The number of urea groups is 1. The highest BCUT2D eigenvalue weighted by Gasteiger charge is 2.01. The number of hydrogen-bond acceptors (Lipinski definition) is 3. The van der Waals surface area contributed by atoms with Crippen molar-refractivity contribution in [1.82, 2.24) is 10.6 Å². The van der Waals surface area contributed by atoms with Gasteiger partial charge in [0.25, 0.3) is 0 Å². The Morgan fingerprint density at radius 3 is 2.70 bits per heavy atom. The molecule has 0 spiro atoms. The van der Waals surface area contributed by atoms with E-state index in [0.717, 1.165) is 17.9 Å². The lowest BCUT2D eigenvalue weighted by molar-refractivity contribution is 0.239. The molecule has 0 saturated carbocycles. The highest BCUT2D eigenvalue weighted by atomic mass is 32.2. The van der Waals surface area contributed by atoms with Gasteiger partial charge in [0.05, 0.1) is 12.8 Å². The van der Waals surface area contributed by atoms with Gasteiger partial charge in [-0.3, -0.25) is 0 Å². The standard InChI is InChI=1S/C15H18N2O2S/c18-15(17-12-13-6-4-10-19-13)16-9-5-11-20-14-7-2-1-3-8-14/h1-4,6-8,10H,5,9,11-12H2,(H2,16,17,18). The van der Waals surface area contributed by atoms with Crippen LogP contribution in [-0.4, -0.2) is 18.3 Å². The van der Waals surface area contributed by atoms with Crippen molar-refractivity contribution >= 4 is 17.8 Å². The molecule has 0 radical (unpaired) electrons. The molecular formula is C15H18N2O2S. The van der Waals surface area contributed by atoms with Gasteiger partial charge in [-0.1, -0.05) is 18.2 Å². The third kappa shape index (κ3) is 5.40. The molecule has 5 heteroatoms. The predicted octanol–water partition coefficient (Wildman–Crippen LogP) is 3.26. The molecule has 4 nitrogen and oxygen atoms in total. The molecular weight excluding hydrogens is 272 g/mol. The van der Waals surface area contributed by atoms with E-state index >= 15 is 0 Å². The summed E-state index contributed by atoms with van der Waals surface area (Å²) < 4.78 is 5.13. The summed E-state index contributed by atoms with van der Waals surface area (Å²) in [6, 6.07) is 13.7. The number of rotatable bonds is 7. The van der Waals surface area contributed by atoms with Crippen LogP contribution in [0.5, 0.6) is 0 Å². The lowest BCUT2D eigenvalue weighted by Crippen LogP contribution is -2.35. The minimum atomic E-state index is -0.161. The summed E-state index contributed by atoms with van der Waals surface area (Å²) in [5.74, 6) is 1.74. The van der Waals surface area contributed by atoms with E-state index in [1.54, 1.807) is 24.1 Å². The van der Waals surface area contributed by atoms with Crippen LogP contribution < -0.4 is 10.6 Å². The third-order valence-electron chi connectivity index (χ3n) is 2.62. The molecule has 0 bridgehead atoms. The highest BCUT2D eigenvalue weighted by Crippen LogP contribution is 2.17. The zero-order valence-electron chi connectivity index (χ0n) is 11.2. The minimum Gasteiger partial charge on any atom is -0.467 e. The number of amides is 2. The Kier molecular flexibility index (Phi) is 6.05. The molecule has 2 N–H and O–H groups in total. The van der Waals surface area contributed by atoms with E-state index in [9.17, 15) is 4.79 Å². The molecule has 2 amide bonds. The van der Waals surface area contributed by atoms with E-state index < -0.39 is 0 Å². The Morgan fingerprint density at radius 1 is 1.10 bits per heavy atom. The highest BCUT2D eigenvalue weighted by molar-refractivity contribution is 7.99. The van der Waals surface area contributed by atoms with E-state index in [1.807, 2.05) is 24.3 Å². The molecule has 0 aliphatic heterocycles. The van der Waals surface area contributed by atoms with Crippen LogP contribution in [0.3, 0.4) is 0 Å². The van der Waals surface area contributed by atoms with Crippen molar-refractivity contribution in [1.29, 1.82) is 0 Å². The molecule has 1 aromatic carbocycles. The van der Waals surface area contributed by atoms with Gasteiger partial charge in [0.1, 0.15) is 5.76 Å². The lowest BCUT2D eigenvalue weighted by Gasteiger charge is -2.06. The molecule has 0 aliphatic rings. The second-order valence-corrected chi connectivity index (χ2v) is 5.37. The van der Waals surface area contributed by atoms with E-state index in [0.29, 0.717) is 13.1 Å². The maximum absolute atomic E-state index is 11.5. The van der Waals surface area contributed by atoms with Crippen LogP contribution in [0.2, 0.25) is 0 Å². The molecule has 1 aromatic heterocycles. The molecule has 0 atom stereocenters. The van der Waals surface area contributed by atoms with Gasteiger partial charge in [0, 0.05) is 11.4 Å². The summed E-state index contributed by atoms with van der Waals surface area (Å²) in [5, 5.41) is 5.57. The molecule has 2 rings (SSSR count). The summed E-state index contributed by atoms with van der Waals surface area (Å²) in [7, 11) is 0. The largest absolute Gasteiger partial charge is 0.467 e. The van der Waals surface area contributed by atoms with Crippen LogP contribution in [0.1, 0.15) is 12.2 Å². The maximum Gasteiger partial charge on any atom is 0.315 e. The first-order valence-corrected chi connectivity index (χ1v) is 7.55. The van der Waals surface area contributed by atoms with Gasteiger partial charge in [-0.15, -0.1) is 11.8 Å². The summed E-state index contributed by atoms with van der Waals surface area (Å²) >= 11 is 1.80. The first-order valence-electron chi connectivity index (χ1n) is 6.56. The Labute approximate surface area is 122 Å². The first-order chi connectivity index (χ1) is 9.84. The number of carbonyl (C=O) groups is 1. The van der Waals surface area contributed by atoms with Crippen molar-refractivity contribution in [3.8, 4) is 0 Å². The summed E-state index contributed by atoms with van der Waals surface area (Å²) in [6.07, 6.45) is 2.53. The van der Waals surface area contributed by atoms with Crippen molar-refractivity contribution in [2.24, 2.45) is 0 Å². The molecule has 0 aliphatic carbocycles. The SMILES string of the molecule is O=C(NCCCSc1ccccc1)NCc1ccco1. The van der Waals surface area contributed by atoms with Gasteiger partial charge >= 0.3 is 6.03 Å². The monoisotopic (exact) mass is 290 g/mol. The average molecular weight is 290 g/mol. The molecule has 2 aromatic rings. The molecule has 0 saturated heterocycles. The van der Waals surface area contributed by atoms with E-state index in [2.05, 4.69) is 22.8 Å². The van der Waals surface area contributed by atoms with Gasteiger partial charge in [-0.2, -0.15) is 0 Å². The van der Waals surface area contributed by atoms with E-state index in [1.165, 1.54) is 4.90 Å². The Hall–Kier alpha value is -1.88. The molecule has 20 heavy (non-hydrogen) atoms. The Morgan fingerprint density at radius 2 is 1.95 bits per heavy atom. The van der Waals surface area contributed by atoms with E-state index in [4.69, 9.17) is 4.42 Å². The Balaban J connectivity index is 1.51. The van der Waals surface area contributed by atoms with Crippen LogP contribution in [0, 0.1) is 0 Å². The van der Waals surface area contributed by atoms with Gasteiger partial charge in [-0.05, 0) is 36.4 Å². The van der Waals surface area contributed by atoms with Gasteiger partial charge in [-0.25, -0.2) is 4.79 Å². The topological polar surface area (TPSA) is 54.3 Å². The molecule has 0 fully saturated rings. The van der Waals surface area contributed by atoms with Crippen LogP contribution in [0.15, 0.2) is 58.0 Å². The minimum absolute atomic E-state index is 0.161. The van der Waals surface area contributed by atoms with Crippen LogP contribution in [-0.2, 0) is 6.54 Å². The molecule has 0 unspecified atom stereocenters. The summed E-state index contributed by atoms with van der Waals surface area (Å²) in [4.78, 5) is 12.8. The zero-order chi connectivity index (χ0) is 14.0.